The van der Waals surface area contributed by atoms with Crippen molar-refractivity contribution < 1.29 is 21.8 Å². The van der Waals surface area contributed by atoms with Crippen LogP contribution in [-0.2, 0) is 17.1 Å². The van der Waals surface area contributed by atoms with Gasteiger partial charge in [0, 0.05) is 17.3 Å². The number of amidine groups is 2. The van der Waals surface area contributed by atoms with E-state index in [9.17, 15) is 0 Å². The summed E-state index contributed by atoms with van der Waals surface area (Å²) in [6.45, 7) is 1.53. The Balaban J connectivity index is 0.000000314. The quantitative estimate of drug-likeness (QED) is 0.0780. The van der Waals surface area contributed by atoms with Crippen LogP contribution in [0.25, 0.3) is 5.73 Å². The molecular formula is C38H34CuN4OP2+. The molecule has 0 amide bonds. The molecule has 0 fully saturated rings. The first-order valence-corrected chi connectivity index (χ1v) is 17.0. The molecule has 1 heterocycles. The SMILES string of the molecule is CC(=N)N=C([NH-])c1ccccn1.[Cu+].c1ccc(Pc2ccccc2Oc2ccccc2[PH+](c2ccccc2)c2ccccc2)cc1. The molecule has 0 aliphatic rings. The van der Waals surface area contributed by atoms with E-state index in [0.717, 1.165) is 11.5 Å². The molecule has 232 valence electrons. The number of nitrogens with one attached hydrogen (secondary N) is 2. The van der Waals surface area contributed by atoms with E-state index >= 15 is 0 Å². The van der Waals surface area contributed by atoms with Gasteiger partial charge in [0.05, 0.1) is 5.69 Å². The number of benzene rings is 5. The van der Waals surface area contributed by atoms with Crippen molar-refractivity contribution in [3.63, 3.8) is 0 Å². The second-order valence-electron chi connectivity index (χ2n) is 9.95. The van der Waals surface area contributed by atoms with Crippen LogP contribution >= 0.6 is 16.5 Å². The van der Waals surface area contributed by atoms with E-state index < -0.39 is 7.92 Å². The summed E-state index contributed by atoms with van der Waals surface area (Å²) in [6, 6.07) is 54.4. The summed E-state index contributed by atoms with van der Waals surface area (Å²) in [7, 11) is -0.672. The molecule has 5 aromatic carbocycles. The second kappa shape index (κ2) is 17.9. The van der Waals surface area contributed by atoms with E-state index in [1.54, 1.807) is 24.4 Å². The third kappa shape index (κ3) is 9.78. The summed E-state index contributed by atoms with van der Waals surface area (Å²) in [5.41, 5.74) is 7.88. The number of aromatic nitrogens is 1. The average molecular weight is 688 g/mol. The summed E-state index contributed by atoms with van der Waals surface area (Å²) in [4.78, 5) is 7.57. The molecule has 6 rings (SSSR count). The van der Waals surface area contributed by atoms with Gasteiger partial charge in [-0.1, -0.05) is 112 Å². The number of para-hydroxylation sites is 2. The van der Waals surface area contributed by atoms with Crippen LogP contribution in [0.3, 0.4) is 0 Å². The predicted octanol–water partition coefficient (Wildman–Crippen LogP) is 7.47. The smallest absolute Gasteiger partial charge is 0.480 e. The van der Waals surface area contributed by atoms with Gasteiger partial charge in [-0.2, -0.15) is 0 Å². The molecule has 8 heteroatoms. The van der Waals surface area contributed by atoms with Crippen LogP contribution in [0.4, 0.5) is 0 Å². The van der Waals surface area contributed by atoms with Gasteiger partial charge in [0.1, 0.15) is 29.6 Å². The summed E-state index contributed by atoms with van der Waals surface area (Å²) in [5.74, 6) is 2.01. The Morgan fingerprint density at radius 1 is 0.674 bits per heavy atom. The van der Waals surface area contributed by atoms with Crippen molar-refractivity contribution >= 4 is 54.7 Å². The van der Waals surface area contributed by atoms with Crippen molar-refractivity contribution in [2.75, 3.05) is 0 Å². The predicted molar refractivity (Wildman–Crippen MR) is 196 cm³/mol. The minimum absolute atomic E-state index is 0. The molecule has 1 aromatic heterocycles. The monoisotopic (exact) mass is 687 g/mol. The molecule has 0 bridgehead atoms. The molecule has 0 radical (unpaired) electrons. The maximum absolute atomic E-state index is 7.39. The molecule has 5 nitrogen and oxygen atoms in total. The molecule has 1 atom stereocenters. The molecule has 0 spiro atoms. The van der Waals surface area contributed by atoms with E-state index in [4.69, 9.17) is 15.9 Å². The third-order valence-corrected chi connectivity index (χ3v) is 10.7. The number of aliphatic imine (C=N–C) groups is 1. The van der Waals surface area contributed by atoms with Crippen LogP contribution in [-0.4, -0.2) is 16.7 Å². The van der Waals surface area contributed by atoms with Crippen molar-refractivity contribution in [3.05, 3.63) is 175 Å². The van der Waals surface area contributed by atoms with Crippen LogP contribution in [0, 0.1) is 5.41 Å². The molecule has 46 heavy (non-hydrogen) atoms. The zero-order valence-corrected chi connectivity index (χ0v) is 28.1. The van der Waals surface area contributed by atoms with Gasteiger partial charge >= 0.3 is 17.1 Å². The third-order valence-electron chi connectivity index (χ3n) is 6.63. The largest absolute Gasteiger partial charge is 1.00 e. The first-order chi connectivity index (χ1) is 22.1. The number of hydrogen-bond acceptors (Lipinski definition) is 3. The number of ether oxygens (including phenoxy) is 1. The first-order valence-electron chi connectivity index (χ1n) is 14.5. The van der Waals surface area contributed by atoms with Gasteiger partial charge < -0.3 is 20.9 Å². The van der Waals surface area contributed by atoms with Crippen molar-refractivity contribution in [2.24, 2.45) is 4.99 Å². The second-order valence-corrected chi connectivity index (χ2v) is 13.8. The van der Waals surface area contributed by atoms with Gasteiger partial charge in [-0.05, 0) is 72.7 Å². The minimum atomic E-state index is -1.22. The van der Waals surface area contributed by atoms with Gasteiger partial charge in [0.2, 0.25) is 0 Å². The number of pyridine rings is 1. The Morgan fingerprint density at radius 2 is 1.20 bits per heavy atom. The molecule has 1 unspecified atom stereocenters. The molecule has 0 aliphatic carbocycles. The van der Waals surface area contributed by atoms with Crippen LogP contribution in [0.5, 0.6) is 11.5 Å². The molecule has 6 aromatic rings. The van der Waals surface area contributed by atoms with E-state index in [1.807, 2.05) is 0 Å². The van der Waals surface area contributed by atoms with Crippen molar-refractivity contribution in [3.8, 4) is 11.5 Å². The summed E-state index contributed by atoms with van der Waals surface area (Å²) >= 11 is 0. The van der Waals surface area contributed by atoms with E-state index in [2.05, 4.69) is 150 Å². The van der Waals surface area contributed by atoms with E-state index in [1.165, 1.54) is 33.4 Å². The topological polar surface area (TPSA) is 82.1 Å². The Labute approximate surface area is 284 Å². The van der Waals surface area contributed by atoms with Crippen LogP contribution < -0.4 is 31.3 Å². The van der Waals surface area contributed by atoms with E-state index in [0.29, 0.717) is 14.3 Å². The fourth-order valence-corrected chi connectivity index (χ4v) is 8.39. The Kier molecular flexibility index (Phi) is 13.4. The number of nitrogens with zero attached hydrogens (tertiary/aromatic N) is 2. The molecular weight excluding hydrogens is 654 g/mol. The molecule has 0 saturated carbocycles. The maximum Gasteiger partial charge on any atom is 1.00 e. The van der Waals surface area contributed by atoms with Gasteiger partial charge in [-0.25, -0.2) is 0 Å². The minimum Gasteiger partial charge on any atom is -0.480 e. The zero-order valence-electron chi connectivity index (χ0n) is 25.2. The Morgan fingerprint density at radius 3 is 1.78 bits per heavy atom. The van der Waals surface area contributed by atoms with Gasteiger partial charge in [-0.3, -0.25) is 4.98 Å². The van der Waals surface area contributed by atoms with Crippen LogP contribution in [0.15, 0.2) is 169 Å². The average Bonchev–Trinajstić information content (AvgIpc) is 3.08. The summed E-state index contributed by atoms with van der Waals surface area (Å²) in [5, 5.41) is 13.5. The normalized spacial score (nSPS) is 11.0. The Bertz CT molecular complexity index is 1800. The zero-order chi connectivity index (χ0) is 31.3. The molecule has 0 aliphatic heterocycles. The first kappa shape index (κ1) is 34.4. The van der Waals surface area contributed by atoms with Gasteiger partial charge in [-0.15, -0.1) is 0 Å². The fraction of sp³-hybridized carbons (Fsp3) is 0.0263. The molecule has 2 N–H and O–H groups in total. The van der Waals surface area contributed by atoms with Gasteiger partial charge in [0.25, 0.3) is 0 Å². The van der Waals surface area contributed by atoms with Crippen LogP contribution in [0.1, 0.15) is 12.6 Å². The van der Waals surface area contributed by atoms with Crippen molar-refractivity contribution in [1.82, 2.24) is 4.98 Å². The maximum atomic E-state index is 7.39. The van der Waals surface area contributed by atoms with Gasteiger partial charge in [0.15, 0.2) is 5.75 Å². The van der Waals surface area contributed by atoms with Crippen molar-refractivity contribution in [2.45, 2.75) is 6.92 Å². The standard InChI is InChI=1S/C30H24OP2.C8H9N4.Cu/c1-4-14-24(15-5-1)32-29-22-12-10-20-27(29)31-28-21-11-13-23-30(28)33(25-16-6-2-7-17-25)26-18-8-3-9-19-26;1-6(9)12-8(10)7-4-2-3-5-11-7;/h1-23,32H;2-5H,1H3,(H2-,9,10,12);/q;-1;+1/p+1. The van der Waals surface area contributed by atoms with Crippen LogP contribution in [0.2, 0.25) is 0 Å². The summed E-state index contributed by atoms with van der Waals surface area (Å²) < 4.78 is 6.67. The molecule has 0 saturated heterocycles. The van der Waals surface area contributed by atoms with Crippen molar-refractivity contribution in [1.29, 1.82) is 5.41 Å². The fourth-order valence-electron chi connectivity index (χ4n) is 4.63. The number of hydrogen-bond donors (Lipinski definition) is 1. The number of rotatable bonds is 8. The van der Waals surface area contributed by atoms with E-state index in [-0.39, 0.29) is 28.7 Å². The summed E-state index contributed by atoms with van der Waals surface area (Å²) in [6.07, 6.45) is 1.60. The Hall–Kier alpha value is -4.43.